The van der Waals surface area contributed by atoms with E-state index in [1.807, 2.05) is 60.7 Å². The standard InChI is InChI=1S/C20H22O5.C11H12O4.C9H10O3.C4H8O.CH4/c1-2-23-20(22)15-25-19-11-7-17(8-12-19)4-3-16-5-9-18(10-6-16)24-14-13-21;1-2-14-11(13)8-15-10-5-3-9(7-12)4-6-10;10-5-6-12-9-3-1-8(7-11)2-4-9;1-2-4-5-3-1;/h3-12,21H,2,13-15H2,1H3;3-7H,2,8H2,1H3;1-4,7,10H,5-6H2;1-4H2;1H4/b4-3+;;;;. The molecule has 0 spiro atoms. The number of aliphatic hydroxyl groups is 2. The first-order chi connectivity index (χ1) is 27.8. The second-order valence-electron chi connectivity index (χ2n) is 11.5. The number of rotatable bonds is 18. The zero-order valence-electron chi connectivity index (χ0n) is 32.4. The number of aldehydes is 2. The predicted molar refractivity (Wildman–Crippen MR) is 222 cm³/mol. The Bertz CT molecular complexity index is 1690. The molecule has 58 heavy (non-hydrogen) atoms. The summed E-state index contributed by atoms with van der Waals surface area (Å²) < 4.78 is 35.3. The van der Waals surface area contributed by atoms with E-state index < -0.39 is 5.97 Å². The summed E-state index contributed by atoms with van der Waals surface area (Å²) in [7, 11) is 0. The van der Waals surface area contributed by atoms with Gasteiger partial charge in [-0.1, -0.05) is 43.8 Å². The summed E-state index contributed by atoms with van der Waals surface area (Å²) in [6.07, 6.45) is 8.05. The van der Waals surface area contributed by atoms with Crippen LogP contribution in [0, 0.1) is 0 Å². The summed E-state index contributed by atoms with van der Waals surface area (Å²) in [4.78, 5) is 42.8. The van der Waals surface area contributed by atoms with E-state index in [-0.39, 0.29) is 46.4 Å². The highest BCUT2D eigenvalue weighted by molar-refractivity contribution is 5.75. The van der Waals surface area contributed by atoms with Gasteiger partial charge in [-0.2, -0.15) is 0 Å². The lowest BCUT2D eigenvalue weighted by Gasteiger charge is -2.06. The van der Waals surface area contributed by atoms with Gasteiger partial charge >= 0.3 is 11.9 Å². The van der Waals surface area contributed by atoms with Gasteiger partial charge in [0.25, 0.3) is 0 Å². The molecule has 314 valence electrons. The minimum Gasteiger partial charge on any atom is -0.491 e. The van der Waals surface area contributed by atoms with Crippen LogP contribution in [-0.4, -0.2) is 101 Å². The molecule has 0 amide bonds. The van der Waals surface area contributed by atoms with Gasteiger partial charge in [0, 0.05) is 24.3 Å². The van der Waals surface area contributed by atoms with Crippen molar-refractivity contribution in [2.75, 3.05) is 66.1 Å². The molecule has 1 aliphatic heterocycles. The molecule has 0 aromatic heterocycles. The monoisotopic (exact) mass is 804 g/mol. The van der Waals surface area contributed by atoms with Crippen molar-refractivity contribution in [3.8, 4) is 23.0 Å². The predicted octanol–water partition coefficient (Wildman–Crippen LogP) is 6.91. The van der Waals surface area contributed by atoms with Crippen molar-refractivity contribution in [1.82, 2.24) is 0 Å². The summed E-state index contributed by atoms with van der Waals surface area (Å²) in [5.74, 6) is 1.77. The average molecular weight is 805 g/mol. The topological polar surface area (TPSA) is 173 Å². The highest BCUT2D eigenvalue weighted by atomic mass is 16.6. The van der Waals surface area contributed by atoms with Crippen LogP contribution in [0.4, 0.5) is 0 Å². The Labute approximate surface area is 341 Å². The minimum absolute atomic E-state index is 0. The number of carbonyl (C=O) groups is 4. The van der Waals surface area contributed by atoms with E-state index in [0.29, 0.717) is 48.2 Å². The van der Waals surface area contributed by atoms with Gasteiger partial charge < -0.3 is 43.4 Å². The molecule has 1 fully saturated rings. The van der Waals surface area contributed by atoms with Crippen LogP contribution in [0.2, 0.25) is 0 Å². The third-order valence-electron chi connectivity index (χ3n) is 7.13. The van der Waals surface area contributed by atoms with Gasteiger partial charge in [0.15, 0.2) is 13.2 Å². The zero-order chi connectivity index (χ0) is 41.4. The zero-order valence-corrected chi connectivity index (χ0v) is 32.4. The molecule has 13 heteroatoms. The maximum Gasteiger partial charge on any atom is 0.344 e. The fourth-order valence-corrected chi connectivity index (χ4v) is 4.36. The molecule has 1 saturated heterocycles. The second-order valence-corrected chi connectivity index (χ2v) is 11.5. The van der Waals surface area contributed by atoms with Crippen LogP contribution in [0.5, 0.6) is 23.0 Å². The first-order valence-corrected chi connectivity index (χ1v) is 18.4. The van der Waals surface area contributed by atoms with Crippen LogP contribution in [0.1, 0.15) is 66.0 Å². The third-order valence-corrected chi connectivity index (χ3v) is 7.13. The van der Waals surface area contributed by atoms with Crippen LogP contribution in [0.3, 0.4) is 0 Å². The quantitative estimate of drug-likeness (QED) is 0.0604. The molecule has 5 rings (SSSR count). The van der Waals surface area contributed by atoms with E-state index in [2.05, 4.69) is 4.74 Å². The summed E-state index contributed by atoms with van der Waals surface area (Å²) >= 11 is 0. The second kappa shape index (κ2) is 32.1. The van der Waals surface area contributed by atoms with Gasteiger partial charge in [-0.3, -0.25) is 9.59 Å². The highest BCUT2D eigenvalue weighted by Gasteiger charge is 2.04. The maximum absolute atomic E-state index is 11.2. The van der Waals surface area contributed by atoms with Crippen molar-refractivity contribution in [3.63, 3.8) is 0 Å². The van der Waals surface area contributed by atoms with Gasteiger partial charge in [-0.05, 0) is 111 Å². The number of aliphatic hydroxyl groups excluding tert-OH is 2. The molecule has 0 unspecified atom stereocenters. The molecule has 4 aromatic rings. The molecule has 0 aliphatic carbocycles. The average Bonchev–Trinajstić information content (AvgIpc) is 3.85. The summed E-state index contributed by atoms with van der Waals surface area (Å²) in [6.45, 7) is 6.54. The molecule has 0 bridgehead atoms. The lowest BCUT2D eigenvalue weighted by molar-refractivity contribution is -0.146. The van der Waals surface area contributed by atoms with Gasteiger partial charge in [0.2, 0.25) is 0 Å². The van der Waals surface area contributed by atoms with Crippen LogP contribution < -0.4 is 18.9 Å². The van der Waals surface area contributed by atoms with E-state index in [1.165, 1.54) is 12.8 Å². The Hall–Kier alpha value is -6.02. The Morgan fingerprint density at radius 3 is 1.10 bits per heavy atom. The van der Waals surface area contributed by atoms with E-state index in [1.54, 1.807) is 62.4 Å². The van der Waals surface area contributed by atoms with Crippen LogP contribution in [0.25, 0.3) is 12.2 Å². The number of hydrogen-bond donors (Lipinski definition) is 2. The molecule has 1 heterocycles. The Morgan fingerprint density at radius 2 is 0.845 bits per heavy atom. The smallest absolute Gasteiger partial charge is 0.344 e. The van der Waals surface area contributed by atoms with Crippen molar-refractivity contribution in [3.05, 3.63) is 119 Å². The molecule has 4 aromatic carbocycles. The molecule has 0 atom stereocenters. The van der Waals surface area contributed by atoms with Crippen LogP contribution in [0.15, 0.2) is 97.1 Å². The molecule has 0 radical (unpaired) electrons. The normalized spacial score (nSPS) is 11.0. The number of ether oxygens (including phenoxy) is 7. The summed E-state index contributed by atoms with van der Waals surface area (Å²) in [5.41, 5.74) is 3.24. The van der Waals surface area contributed by atoms with Crippen molar-refractivity contribution < 1.29 is 62.5 Å². The van der Waals surface area contributed by atoms with Gasteiger partial charge in [-0.15, -0.1) is 0 Å². The fraction of sp³-hybridized carbons (Fsp3) is 0.333. The van der Waals surface area contributed by atoms with Crippen molar-refractivity contribution >= 4 is 36.7 Å². The molecule has 2 N–H and O–H groups in total. The number of hydrogen-bond acceptors (Lipinski definition) is 13. The fourth-order valence-electron chi connectivity index (χ4n) is 4.36. The molecular weight excluding hydrogens is 748 g/mol. The van der Waals surface area contributed by atoms with E-state index >= 15 is 0 Å². The van der Waals surface area contributed by atoms with E-state index in [0.717, 1.165) is 42.7 Å². The van der Waals surface area contributed by atoms with Gasteiger partial charge in [0.05, 0.1) is 26.4 Å². The van der Waals surface area contributed by atoms with Crippen LogP contribution >= 0.6 is 0 Å². The first-order valence-electron chi connectivity index (χ1n) is 18.4. The Balaban J connectivity index is 0.000000433. The summed E-state index contributed by atoms with van der Waals surface area (Å²) in [6, 6.07) is 28.3. The SMILES string of the molecule is C.C1CCOC1.CCOC(=O)COc1ccc(/C=C/c2ccc(OCCO)cc2)cc1.CCOC(=O)COc1ccc(C=O)cc1.O=Cc1ccc(OCCO)cc1. The van der Waals surface area contributed by atoms with Crippen molar-refractivity contribution in [1.29, 1.82) is 0 Å². The molecule has 0 saturated carbocycles. The Morgan fingerprint density at radius 1 is 0.534 bits per heavy atom. The maximum atomic E-state index is 11.2. The van der Waals surface area contributed by atoms with Gasteiger partial charge in [-0.25, -0.2) is 9.59 Å². The highest BCUT2D eigenvalue weighted by Crippen LogP contribution is 2.17. The minimum atomic E-state index is -0.406. The van der Waals surface area contributed by atoms with Crippen molar-refractivity contribution in [2.24, 2.45) is 0 Å². The molecule has 13 nitrogen and oxygen atoms in total. The number of carbonyl (C=O) groups excluding carboxylic acids is 4. The van der Waals surface area contributed by atoms with E-state index in [9.17, 15) is 19.2 Å². The lowest BCUT2D eigenvalue weighted by Crippen LogP contribution is -2.14. The molecule has 1 aliphatic rings. The van der Waals surface area contributed by atoms with E-state index in [4.69, 9.17) is 38.6 Å². The first kappa shape index (κ1) is 50.0. The van der Waals surface area contributed by atoms with Gasteiger partial charge in [0.1, 0.15) is 48.8 Å². The molecular formula is C45H56O13. The lowest BCUT2D eigenvalue weighted by atomic mass is 10.1. The Kier molecular flexibility index (Phi) is 27.7. The third kappa shape index (κ3) is 23.1. The number of esters is 2. The largest absolute Gasteiger partial charge is 0.491 e. The summed E-state index contributed by atoms with van der Waals surface area (Å²) in [5, 5.41) is 17.2. The van der Waals surface area contributed by atoms with Crippen molar-refractivity contribution in [2.45, 2.75) is 34.1 Å². The van der Waals surface area contributed by atoms with Crippen LogP contribution in [-0.2, 0) is 23.8 Å². The number of benzene rings is 4.